The maximum atomic E-state index is 9.18. The lowest BCUT2D eigenvalue weighted by atomic mass is 10.0. The first-order valence-corrected chi connectivity index (χ1v) is 7.61. The summed E-state index contributed by atoms with van der Waals surface area (Å²) in [5.74, 6) is 0. The van der Waals surface area contributed by atoms with Gasteiger partial charge in [-0.05, 0) is 24.7 Å². The average molecular weight is 292 g/mol. The lowest BCUT2D eigenvalue weighted by Crippen LogP contribution is -2.43. The van der Waals surface area contributed by atoms with Crippen LogP contribution in [0.15, 0.2) is 42.6 Å². The highest BCUT2D eigenvalue weighted by molar-refractivity contribution is 5.67. The summed E-state index contributed by atoms with van der Waals surface area (Å²) in [6.07, 6.45) is 1.93. The summed E-state index contributed by atoms with van der Waals surface area (Å²) in [7, 11) is 2.17. The summed E-state index contributed by atoms with van der Waals surface area (Å²) in [5, 5.41) is 9.18. The van der Waals surface area contributed by atoms with Crippen molar-refractivity contribution >= 4 is 0 Å². The van der Waals surface area contributed by atoms with E-state index in [4.69, 9.17) is 0 Å². The van der Waals surface area contributed by atoms with Crippen LogP contribution in [0.1, 0.15) is 11.1 Å². The third-order valence-electron chi connectivity index (χ3n) is 4.15. The van der Waals surface area contributed by atoms with Gasteiger partial charge >= 0.3 is 0 Å². The Morgan fingerprint density at radius 2 is 1.86 bits per heavy atom. The van der Waals surface area contributed by atoms with Gasteiger partial charge in [-0.25, -0.2) is 0 Å². The van der Waals surface area contributed by atoms with Gasteiger partial charge < -0.3 is 4.90 Å². The third-order valence-corrected chi connectivity index (χ3v) is 4.15. The van der Waals surface area contributed by atoms with Crippen LogP contribution in [0.2, 0.25) is 0 Å². The maximum absolute atomic E-state index is 9.18. The fraction of sp³-hybridized carbons (Fsp3) is 0.333. The van der Waals surface area contributed by atoms with Gasteiger partial charge in [0.2, 0.25) is 0 Å². The van der Waals surface area contributed by atoms with Gasteiger partial charge in [0.1, 0.15) is 0 Å². The van der Waals surface area contributed by atoms with Crippen molar-refractivity contribution in [2.24, 2.45) is 0 Å². The molecular formula is C18H20N4. The Morgan fingerprint density at radius 3 is 2.55 bits per heavy atom. The minimum absolute atomic E-state index is 0.668. The average Bonchev–Trinajstić information content (AvgIpc) is 2.58. The Hall–Kier alpha value is -2.22. The summed E-state index contributed by atoms with van der Waals surface area (Å²) in [4.78, 5) is 9.37. The number of benzene rings is 1. The van der Waals surface area contributed by atoms with Crippen molar-refractivity contribution < 1.29 is 0 Å². The number of nitrogens with zero attached hydrogens (tertiary/aromatic N) is 4. The topological polar surface area (TPSA) is 43.2 Å². The summed E-state index contributed by atoms with van der Waals surface area (Å²) in [6, 6.07) is 14.0. The molecule has 0 spiro atoms. The number of hydrogen-bond acceptors (Lipinski definition) is 4. The second-order valence-electron chi connectivity index (χ2n) is 5.79. The van der Waals surface area contributed by atoms with Crippen LogP contribution in [0, 0.1) is 11.3 Å². The third kappa shape index (κ3) is 3.33. The fourth-order valence-corrected chi connectivity index (χ4v) is 2.75. The van der Waals surface area contributed by atoms with E-state index in [2.05, 4.69) is 34.0 Å². The Labute approximate surface area is 131 Å². The van der Waals surface area contributed by atoms with Gasteiger partial charge in [0.25, 0.3) is 0 Å². The molecule has 0 amide bonds. The molecule has 0 unspecified atom stereocenters. The number of hydrogen-bond donors (Lipinski definition) is 0. The van der Waals surface area contributed by atoms with E-state index in [0.717, 1.165) is 44.0 Å². The minimum Gasteiger partial charge on any atom is -0.304 e. The van der Waals surface area contributed by atoms with Gasteiger partial charge in [0, 0.05) is 44.5 Å². The zero-order valence-corrected chi connectivity index (χ0v) is 12.9. The van der Waals surface area contributed by atoms with Crippen LogP contribution >= 0.6 is 0 Å². The molecule has 1 aromatic carbocycles. The molecule has 4 heteroatoms. The van der Waals surface area contributed by atoms with E-state index in [9.17, 15) is 5.26 Å². The molecule has 1 fully saturated rings. The second-order valence-corrected chi connectivity index (χ2v) is 5.79. The number of nitriles is 1. The Bertz CT molecular complexity index is 664. The largest absolute Gasteiger partial charge is 0.304 e. The first-order valence-electron chi connectivity index (χ1n) is 7.61. The predicted octanol–water partition coefficient (Wildman–Crippen LogP) is 2.37. The van der Waals surface area contributed by atoms with Gasteiger partial charge in [-0.1, -0.05) is 24.3 Å². The molecule has 0 radical (unpaired) electrons. The summed E-state index contributed by atoms with van der Waals surface area (Å²) in [5.41, 5.74) is 3.65. The molecule has 22 heavy (non-hydrogen) atoms. The second kappa shape index (κ2) is 6.69. The number of pyridine rings is 1. The molecule has 0 aliphatic carbocycles. The van der Waals surface area contributed by atoms with Gasteiger partial charge in [-0.2, -0.15) is 5.26 Å². The van der Waals surface area contributed by atoms with Crippen molar-refractivity contribution in [1.29, 1.82) is 5.26 Å². The lowest BCUT2D eigenvalue weighted by molar-refractivity contribution is 0.148. The smallest absolute Gasteiger partial charge is 0.0998 e. The molecule has 0 atom stereocenters. The van der Waals surface area contributed by atoms with Crippen LogP contribution in [0.4, 0.5) is 0 Å². The number of likely N-dealkylation sites (N-methyl/N-ethyl adjacent to an activating group) is 1. The van der Waals surface area contributed by atoms with Crippen LogP contribution in [0.3, 0.4) is 0 Å². The van der Waals surface area contributed by atoms with Crippen molar-refractivity contribution in [3.63, 3.8) is 0 Å². The molecule has 4 nitrogen and oxygen atoms in total. The minimum atomic E-state index is 0.668. The van der Waals surface area contributed by atoms with E-state index in [1.165, 1.54) is 5.56 Å². The number of aromatic nitrogens is 1. The summed E-state index contributed by atoms with van der Waals surface area (Å²) in [6.45, 7) is 5.41. The van der Waals surface area contributed by atoms with Gasteiger partial charge in [-0.3, -0.25) is 9.88 Å². The normalized spacial score (nSPS) is 16.4. The van der Waals surface area contributed by atoms with Crippen molar-refractivity contribution in [1.82, 2.24) is 14.8 Å². The van der Waals surface area contributed by atoms with Crippen LogP contribution < -0.4 is 0 Å². The van der Waals surface area contributed by atoms with E-state index in [0.29, 0.717) is 5.56 Å². The zero-order chi connectivity index (χ0) is 15.4. The van der Waals surface area contributed by atoms with E-state index < -0.39 is 0 Å². The molecule has 112 valence electrons. The van der Waals surface area contributed by atoms with E-state index in [1.807, 2.05) is 36.5 Å². The molecule has 1 aliphatic rings. The molecule has 0 N–H and O–H groups in total. The molecule has 3 rings (SSSR count). The van der Waals surface area contributed by atoms with Crippen molar-refractivity contribution in [2.45, 2.75) is 6.54 Å². The van der Waals surface area contributed by atoms with E-state index in [1.54, 1.807) is 0 Å². The molecular weight excluding hydrogens is 272 g/mol. The molecule has 1 aliphatic heterocycles. The SMILES string of the molecule is CN1CCN(Cc2ccc(-c3ccccc3C#N)nc2)CC1. The zero-order valence-electron chi connectivity index (χ0n) is 12.9. The molecule has 2 heterocycles. The molecule has 0 saturated carbocycles. The molecule has 0 bridgehead atoms. The van der Waals surface area contributed by atoms with Gasteiger partial charge in [0.15, 0.2) is 0 Å². The molecule has 1 saturated heterocycles. The summed E-state index contributed by atoms with van der Waals surface area (Å²) >= 11 is 0. The number of rotatable bonds is 3. The molecule has 1 aromatic heterocycles. The van der Waals surface area contributed by atoms with Crippen molar-refractivity contribution in [3.8, 4) is 17.3 Å². The predicted molar refractivity (Wildman–Crippen MR) is 87.2 cm³/mol. The Morgan fingerprint density at radius 1 is 1.09 bits per heavy atom. The monoisotopic (exact) mass is 292 g/mol. The van der Waals surface area contributed by atoms with Crippen LogP contribution in [-0.4, -0.2) is 48.0 Å². The van der Waals surface area contributed by atoms with Crippen molar-refractivity contribution in [2.75, 3.05) is 33.2 Å². The first-order chi connectivity index (χ1) is 10.8. The Balaban J connectivity index is 1.72. The quantitative estimate of drug-likeness (QED) is 0.871. The van der Waals surface area contributed by atoms with Crippen LogP contribution in [0.5, 0.6) is 0 Å². The fourth-order valence-electron chi connectivity index (χ4n) is 2.75. The van der Waals surface area contributed by atoms with Crippen LogP contribution in [0.25, 0.3) is 11.3 Å². The van der Waals surface area contributed by atoms with Crippen LogP contribution in [-0.2, 0) is 6.54 Å². The Kier molecular flexibility index (Phi) is 4.47. The number of piperazine rings is 1. The highest BCUT2D eigenvalue weighted by Gasteiger charge is 2.14. The van der Waals surface area contributed by atoms with E-state index in [-0.39, 0.29) is 0 Å². The molecule has 2 aromatic rings. The maximum Gasteiger partial charge on any atom is 0.0998 e. The highest BCUT2D eigenvalue weighted by atomic mass is 15.2. The van der Waals surface area contributed by atoms with E-state index >= 15 is 0 Å². The lowest BCUT2D eigenvalue weighted by Gasteiger charge is -2.32. The van der Waals surface area contributed by atoms with Gasteiger partial charge in [-0.15, -0.1) is 0 Å². The first kappa shape index (κ1) is 14.7. The standard InChI is InChI=1S/C18H20N4/c1-21-8-10-22(11-9-21)14-15-6-7-18(20-13-15)17-5-3-2-4-16(17)12-19/h2-7,13H,8-11,14H2,1H3. The van der Waals surface area contributed by atoms with Gasteiger partial charge in [0.05, 0.1) is 17.3 Å². The highest BCUT2D eigenvalue weighted by Crippen LogP contribution is 2.21. The summed E-state index contributed by atoms with van der Waals surface area (Å²) < 4.78 is 0. The van der Waals surface area contributed by atoms with Crippen molar-refractivity contribution in [3.05, 3.63) is 53.7 Å².